The third kappa shape index (κ3) is 1.90. The van der Waals surface area contributed by atoms with E-state index in [0.29, 0.717) is 11.4 Å². The minimum Gasteiger partial charge on any atom is -0.397 e. The van der Waals surface area contributed by atoms with Crippen LogP contribution in [0.25, 0.3) is 43.1 Å². The van der Waals surface area contributed by atoms with Crippen molar-refractivity contribution in [3.63, 3.8) is 0 Å². The summed E-state index contributed by atoms with van der Waals surface area (Å²) in [5, 5.41) is 9.71. The van der Waals surface area contributed by atoms with Gasteiger partial charge < -0.3 is 11.5 Å². The Morgan fingerprint density at radius 3 is 1.04 bits per heavy atom. The van der Waals surface area contributed by atoms with Crippen LogP contribution in [-0.2, 0) is 0 Å². The first kappa shape index (κ1) is 13.2. The van der Waals surface area contributed by atoms with Gasteiger partial charge in [0.2, 0.25) is 0 Å². The molecule has 0 atom stereocenters. The molecule has 0 bridgehead atoms. The molecule has 0 amide bonds. The Hall–Kier alpha value is -3.26. The molecule has 24 heavy (non-hydrogen) atoms. The summed E-state index contributed by atoms with van der Waals surface area (Å²) >= 11 is 0. The fourth-order valence-electron chi connectivity index (χ4n) is 3.53. The van der Waals surface area contributed by atoms with Crippen molar-refractivity contribution in [2.75, 3.05) is 11.5 Å². The SMILES string of the molecule is Nc1cc2cc3cc4cc5ccccc5cc4cc3cc2cc1N. The maximum absolute atomic E-state index is 5.96. The molecule has 0 saturated carbocycles. The van der Waals surface area contributed by atoms with Crippen LogP contribution < -0.4 is 11.5 Å². The van der Waals surface area contributed by atoms with Crippen LogP contribution in [0.5, 0.6) is 0 Å². The van der Waals surface area contributed by atoms with Gasteiger partial charge in [0.1, 0.15) is 0 Å². The standard InChI is InChI=1S/C22H16N2/c23-21-11-19-9-17-7-15-5-13-3-1-2-4-14(13)6-16(15)8-18(17)10-20(19)12-22(21)24/h1-12H,23-24H2. The molecule has 0 aromatic heterocycles. The van der Waals surface area contributed by atoms with Gasteiger partial charge >= 0.3 is 0 Å². The Balaban J connectivity index is 1.89. The molecule has 0 aliphatic heterocycles. The Morgan fingerprint density at radius 2 is 0.667 bits per heavy atom. The molecule has 5 aromatic rings. The summed E-state index contributed by atoms with van der Waals surface area (Å²) < 4.78 is 0. The van der Waals surface area contributed by atoms with Crippen LogP contribution in [0, 0.1) is 0 Å². The van der Waals surface area contributed by atoms with Crippen LogP contribution in [0.1, 0.15) is 0 Å². The Kier molecular flexibility index (Phi) is 2.54. The van der Waals surface area contributed by atoms with Gasteiger partial charge in [-0.3, -0.25) is 0 Å². The number of hydrogen-bond donors (Lipinski definition) is 2. The van der Waals surface area contributed by atoms with Crippen molar-refractivity contribution in [3.8, 4) is 0 Å². The van der Waals surface area contributed by atoms with Crippen molar-refractivity contribution in [1.82, 2.24) is 0 Å². The minimum atomic E-state index is 0.633. The first-order valence-electron chi connectivity index (χ1n) is 8.02. The maximum atomic E-state index is 5.96. The van der Waals surface area contributed by atoms with Gasteiger partial charge in [-0.15, -0.1) is 0 Å². The zero-order chi connectivity index (χ0) is 16.3. The molecule has 5 aromatic carbocycles. The highest BCUT2D eigenvalue weighted by atomic mass is 14.7. The molecule has 0 saturated heterocycles. The van der Waals surface area contributed by atoms with Gasteiger partial charge in [0.05, 0.1) is 11.4 Å². The van der Waals surface area contributed by atoms with E-state index in [4.69, 9.17) is 11.5 Å². The second-order valence-electron chi connectivity index (χ2n) is 6.43. The number of hydrogen-bond acceptors (Lipinski definition) is 2. The van der Waals surface area contributed by atoms with E-state index in [1.54, 1.807) is 0 Å². The van der Waals surface area contributed by atoms with E-state index in [0.717, 1.165) is 10.8 Å². The molecule has 0 spiro atoms. The highest BCUT2D eigenvalue weighted by molar-refractivity contribution is 6.08. The van der Waals surface area contributed by atoms with E-state index < -0.39 is 0 Å². The lowest BCUT2D eigenvalue weighted by Crippen LogP contribution is -1.94. The highest BCUT2D eigenvalue weighted by Gasteiger charge is 2.05. The molecule has 4 N–H and O–H groups in total. The average Bonchev–Trinajstić information content (AvgIpc) is 2.58. The lowest BCUT2D eigenvalue weighted by molar-refractivity contribution is 1.72. The van der Waals surface area contributed by atoms with Gasteiger partial charge in [0.25, 0.3) is 0 Å². The van der Waals surface area contributed by atoms with Gasteiger partial charge in [-0.05, 0) is 91.6 Å². The number of nitrogens with two attached hydrogens (primary N) is 2. The van der Waals surface area contributed by atoms with Crippen molar-refractivity contribution in [3.05, 3.63) is 72.8 Å². The molecule has 2 heteroatoms. The van der Waals surface area contributed by atoms with Crippen molar-refractivity contribution in [2.45, 2.75) is 0 Å². The fourth-order valence-corrected chi connectivity index (χ4v) is 3.53. The van der Waals surface area contributed by atoms with Gasteiger partial charge in [-0.2, -0.15) is 0 Å². The van der Waals surface area contributed by atoms with Crippen LogP contribution in [0.3, 0.4) is 0 Å². The number of benzene rings is 5. The maximum Gasteiger partial charge on any atom is 0.0554 e. The predicted molar refractivity (Wildman–Crippen MR) is 105 cm³/mol. The minimum absolute atomic E-state index is 0.633. The van der Waals surface area contributed by atoms with Gasteiger partial charge in [0, 0.05) is 0 Å². The van der Waals surface area contributed by atoms with Crippen molar-refractivity contribution < 1.29 is 0 Å². The van der Waals surface area contributed by atoms with Gasteiger partial charge in [-0.25, -0.2) is 0 Å². The molecule has 5 rings (SSSR count). The second-order valence-corrected chi connectivity index (χ2v) is 6.43. The first-order valence-corrected chi connectivity index (χ1v) is 8.02. The van der Waals surface area contributed by atoms with E-state index in [9.17, 15) is 0 Å². The number of fused-ring (bicyclic) bond motifs is 4. The van der Waals surface area contributed by atoms with Crippen LogP contribution in [0.4, 0.5) is 11.4 Å². The Bertz CT molecular complexity index is 1170. The molecule has 2 nitrogen and oxygen atoms in total. The number of rotatable bonds is 0. The van der Waals surface area contributed by atoms with Crippen LogP contribution >= 0.6 is 0 Å². The Labute approximate surface area is 139 Å². The number of anilines is 2. The monoisotopic (exact) mass is 308 g/mol. The average molecular weight is 308 g/mol. The van der Waals surface area contributed by atoms with E-state index in [2.05, 4.69) is 60.7 Å². The molecule has 0 unspecified atom stereocenters. The highest BCUT2D eigenvalue weighted by Crippen LogP contribution is 2.32. The molecule has 0 fully saturated rings. The fraction of sp³-hybridized carbons (Fsp3) is 0. The van der Waals surface area contributed by atoms with E-state index in [1.807, 2.05) is 12.1 Å². The molecular formula is C22H16N2. The smallest absolute Gasteiger partial charge is 0.0554 e. The predicted octanol–water partition coefficient (Wildman–Crippen LogP) is 5.46. The van der Waals surface area contributed by atoms with Crippen LogP contribution in [-0.4, -0.2) is 0 Å². The van der Waals surface area contributed by atoms with Crippen molar-refractivity contribution >= 4 is 54.5 Å². The van der Waals surface area contributed by atoms with Crippen molar-refractivity contribution in [1.29, 1.82) is 0 Å². The summed E-state index contributed by atoms with van der Waals surface area (Å²) in [6.45, 7) is 0. The van der Waals surface area contributed by atoms with E-state index >= 15 is 0 Å². The molecule has 114 valence electrons. The lowest BCUT2D eigenvalue weighted by Gasteiger charge is -2.08. The summed E-state index contributed by atoms with van der Waals surface area (Å²) in [5.74, 6) is 0. The lowest BCUT2D eigenvalue weighted by atomic mass is 9.97. The molecule has 0 radical (unpaired) electrons. The first-order chi connectivity index (χ1) is 11.7. The summed E-state index contributed by atoms with van der Waals surface area (Å²) in [4.78, 5) is 0. The zero-order valence-electron chi connectivity index (χ0n) is 13.1. The zero-order valence-corrected chi connectivity index (χ0v) is 13.1. The topological polar surface area (TPSA) is 52.0 Å². The molecule has 0 heterocycles. The van der Waals surface area contributed by atoms with Crippen molar-refractivity contribution in [2.24, 2.45) is 0 Å². The summed E-state index contributed by atoms with van der Waals surface area (Å²) in [6.07, 6.45) is 0. The third-order valence-electron chi connectivity index (χ3n) is 4.82. The number of nitrogen functional groups attached to an aromatic ring is 2. The van der Waals surface area contributed by atoms with Gasteiger partial charge in [-0.1, -0.05) is 24.3 Å². The largest absolute Gasteiger partial charge is 0.397 e. The summed E-state index contributed by atoms with van der Waals surface area (Å²) in [5.41, 5.74) is 13.2. The normalized spacial score (nSPS) is 11.7. The quantitative estimate of drug-likeness (QED) is 0.294. The molecule has 0 aliphatic rings. The van der Waals surface area contributed by atoms with E-state index in [-0.39, 0.29) is 0 Å². The summed E-state index contributed by atoms with van der Waals surface area (Å²) in [7, 11) is 0. The van der Waals surface area contributed by atoms with Gasteiger partial charge in [0.15, 0.2) is 0 Å². The summed E-state index contributed by atoms with van der Waals surface area (Å²) in [6, 6.07) is 25.8. The third-order valence-corrected chi connectivity index (χ3v) is 4.82. The van der Waals surface area contributed by atoms with E-state index in [1.165, 1.54) is 32.3 Å². The van der Waals surface area contributed by atoms with Crippen LogP contribution in [0.2, 0.25) is 0 Å². The Morgan fingerprint density at radius 1 is 0.375 bits per heavy atom. The molecular weight excluding hydrogens is 292 g/mol. The van der Waals surface area contributed by atoms with Crippen LogP contribution in [0.15, 0.2) is 72.8 Å². The second kappa shape index (κ2) is 4.62. The molecule has 0 aliphatic carbocycles.